The highest BCUT2D eigenvalue weighted by Gasteiger charge is 2.33. The Morgan fingerprint density at radius 3 is 2.45 bits per heavy atom. The molecule has 1 saturated heterocycles. The van der Waals surface area contributed by atoms with Gasteiger partial charge in [0.15, 0.2) is 15.0 Å². The SMILES string of the molecule is Cc1ccc(-c2csc(N3CCC(S(=O)(=O)c4cc(F)ccc4C)CC3)n2)cc1. The molecule has 152 valence electrons. The van der Waals surface area contributed by atoms with Crippen molar-refractivity contribution in [3.8, 4) is 11.3 Å². The monoisotopic (exact) mass is 430 g/mol. The number of halogens is 1. The van der Waals surface area contributed by atoms with Crippen LogP contribution in [0.5, 0.6) is 0 Å². The Kier molecular flexibility index (Phi) is 5.44. The molecule has 0 bridgehead atoms. The third-order valence-electron chi connectivity index (χ3n) is 5.45. The van der Waals surface area contributed by atoms with E-state index in [9.17, 15) is 12.8 Å². The third kappa shape index (κ3) is 4.07. The van der Waals surface area contributed by atoms with Crippen molar-refractivity contribution >= 4 is 26.3 Å². The highest BCUT2D eigenvalue weighted by molar-refractivity contribution is 7.92. The number of hydrogen-bond donors (Lipinski definition) is 0. The van der Waals surface area contributed by atoms with Gasteiger partial charge in [0.25, 0.3) is 0 Å². The van der Waals surface area contributed by atoms with Crippen LogP contribution in [-0.2, 0) is 9.84 Å². The lowest BCUT2D eigenvalue weighted by Gasteiger charge is -2.31. The molecule has 4 nitrogen and oxygen atoms in total. The second-order valence-corrected chi connectivity index (χ2v) is 10.6. The van der Waals surface area contributed by atoms with Crippen LogP contribution < -0.4 is 4.90 Å². The number of anilines is 1. The first-order valence-corrected chi connectivity index (χ1v) is 12.0. The van der Waals surface area contributed by atoms with Gasteiger partial charge in [0.05, 0.1) is 15.8 Å². The number of benzene rings is 2. The van der Waals surface area contributed by atoms with Crippen LogP contribution in [0.3, 0.4) is 0 Å². The molecule has 7 heteroatoms. The van der Waals surface area contributed by atoms with E-state index >= 15 is 0 Å². The van der Waals surface area contributed by atoms with Gasteiger partial charge in [0.1, 0.15) is 5.82 Å². The van der Waals surface area contributed by atoms with Gasteiger partial charge in [-0.1, -0.05) is 35.9 Å². The van der Waals surface area contributed by atoms with E-state index in [1.807, 2.05) is 5.38 Å². The minimum absolute atomic E-state index is 0.117. The normalized spacial score (nSPS) is 15.6. The maximum Gasteiger partial charge on any atom is 0.185 e. The van der Waals surface area contributed by atoms with Crippen molar-refractivity contribution in [2.24, 2.45) is 0 Å². The molecule has 0 radical (unpaired) electrons. The van der Waals surface area contributed by atoms with Crippen LogP contribution in [0.2, 0.25) is 0 Å². The molecule has 3 aromatic rings. The summed E-state index contributed by atoms with van der Waals surface area (Å²) in [5, 5.41) is 2.47. The lowest BCUT2D eigenvalue weighted by molar-refractivity contribution is 0.528. The minimum atomic E-state index is -3.55. The summed E-state index contributed by atoms with van der Waals surface area (Å²) in [6.07, 6.45) is 1.02. The number of aromatic nitrogens is 1. The maximum absolute atomic E-state index is 13.6. The highest BCUT2D eigenvalue weighted by Crippen LogP contribution is 2.32. The second-order valence-electron chi connectivity index (χ2n) is 7.52. The van der Waals surface area contributed by atoms with E-state index in [1.54, 1.807) is 18.3 Å². The minimum Gasteiger partial charge on any atom is -0.348 e. The van der Waals surface area contributed by atoms with E-state index in [0.717, 1.165) is 22.5 Å². The van der Waals surface area contributed by atoms with Gasteiger partial charge in [-0.25, -0.2) is 17.8 Å². The fourth-order valence-corrected chi connectivity index (χ4v) is 6.56. The Morgan fingerprint density at radius 2 is 1.76 bits per heavy atom. The highest BCUT2D eigenvalue weighted by atomic mass is 32.2. The summed E-state index contributed by atoms with van der Waals surface area (Å²) in [6.45, 7) is 5.02. The van der Waals surface area contributed by atoms with Crippen LogP contribution in [0.4, 0.5) is 9.52 Å². The summed E-state index contributed by atoms with van der Waals surface area (Å²) in [4.78, 5) is 7.01. The zero-order valence-corrected chi connectivity index (χ0v) is 18.1. The molecule has 0 unspecified atom stereocenters. The molecule has 29 heavy (non-hydrogen) atoms. The Bertz CT molecular complexity index is 1120. The first-order chi connectivity index (χ1) is 13.8. The summed E-state index contributed by atoms with van der Waals surface area (Å²) in [6, 6.07) is 12.2. The average Bonchev–Trinajstić information content (AvgIpc) is 3.20. The van der Waals surface area contributed by atoms with E-state index in [2.05, 4.69) is 36.1 Å². The lowest BCUT2D eigenvalue weighted by Crippen LogP contribution is -2.39. The molecule has 1 aliphatic rings. The fraction of sp³-hybridized carbons (Fsp3) is 0.318. The third-order valence-corrected chi connectivity index (χ3v) is 8.75. The van der Waals surface area contributed by atoms with Crippen molar-refractivity contribution in [2.75, 3.05) is 18.0 Å². The molecule has 0 N–H and O–H groups in total. The molecule has 1 aromatic heterocycles. The molecule has 1 aliphatic heterocycles. The zero-order valence-electron chi connectivity index (χ0n) is 16.4. The molecule has 0 aliphatic carbocycles. The van der Waals surface area contributed by atoms with Gasteiger partial charge in [-0.15, -0.1) is 11.3 Å². The predicted octanol–water partition coefficient (Wildman–Crippen LogP) is 5.01. The van der Waals surface area contributed by atoms with Crippen molar-refractivity contribution in [1.82, 2.24) is 4.98 Å². The van der Waals surface area contributed by atoms with Crippen molar-refractivity contribution in [3.05, 3.63) is 64.8 Å². The molecule has 4 rings (SSSR count). The molecule has 0 spiro atoms. The number of piperidine rings is 1. The van der Waals surface area contributed by atoms with Crippen LogP contribution in [0, 0.1) is 19.7 Å². The van der Waals surface area contributed by atoms with E-state index in [1.165, 1.54) is 17.7 Å². The van der Waals surface area contributed by atoms with E-state index < -0.39 is 20.9 Å². The largest absolute Gasteiger partial charge is 0.348 e. The van der Waals surface area contributed by atoms with Gasteiger partial charge in [-0.3, -0.25) is 0 Å². The summed E-state index contributed by atoms with van der Waals surface area (Å²) < 4.78 is 39.7. The smallest absolute Gasteiger partial charge is 0.185 e. The van der Waals surface area contributed by atoms with Crippen molar-refractivity contribution in [3.63, 3.8) is 0 Å². The molecular weight excluding hydrogens is 407 g/mol. The average molecular weight is 431 g/mol. The maximum atomic E-state index is 13.6. The van der Waals surface area contributed by atoms with Gasteiger partial charge in [-0.05, 0) is 44.4 Å². The molecule has 2 aromatic carbocycles. The summed E-state index contributed by atoms with van der Waals surface area (Å²) in [7, 11) is -3.55. The van der Waals surface area contributed by atoms with Gasteiger partial charge < -0.3 is 4.90 Å². The Hall–Kier alpha value is -2.25. The fourth-order valence-electron chi connectivity index (χ4n) is 3.68. The van der Waals surface area contributed by atoms with Gasteiger partial charge in [0, 0.05) is 24.0 Å². The van der Waals surface area contributed by atoms with Crippen molar-refractivity contribution < 1.29 is 12.8 Å². The van der Waals surface area contributed by atoms with Gasteiger partial charge in [0.2, 0.25) is 0 Å². The summed E-state index contributed by atoms with van der Waals surface area (Å²) >= 11 is 1.58. The molecule has 0 amide bonds. The quantitative estimate of drug-likeness (QED) is 0.584. The first-order valence-electron chi connectivity index (χ1n) is 9.62. The van der Waals surface area contributed by atoms with Crippen LogP contribution in [0.1, 0.15) is 24.0 Å². The molecule has 0 atom stereocenters. The molecule has 2 heterocycles. The summed E-state index contributed by atoms with van der Waals surface area (Å²) in [5.41, 5.74) is 3.82. The topological polar surface area (TPSA) is 50.3 Å². The lowest BCUT2D eigenvalue weighted by atomic mass is 10.1. The van der Waals surface area contributed by atoms with E-state index in [4.69, 9.17) is 4.98 Å². The van der Waals surface area contributed by atoms with Crippen molar-refractivity contribution in [2.45, 2.75) is 36.8 Å². The van der Waals surface area contributed by atoms with E-state index in [0.29, 0.717) is 31.5 Å². The van der Waals surface area contributed by atoms with E-state index in [-0.39, 0.29) is 4.90 Å². The molecule has 0 saturated carbocycles. The number of nitrogens with zero attached hydrogens (tertiary/aromatic N) is 2. The van der Waals surface area contributed by atoms with Crippen LogP contribution >= 0.6 is 11.3 Å². The van der Waals surface area contributed by atoms with Gasteiger partial charge in [-0.2, -0.15) is 0 Å². The number of thiazole rings is 1. The number of hydrogen-bond acceptors (Lipinski definition) is 5. The number of rotatable bonds is 4. The number of sulfone groups is 1. The summed E-state index contributed by atoms with van der Waals surface area (Å²) in [5.74, 6) is -0.516. The Labute approximate surface area is 175 Å². The molecular formula is C22H23FN2O2S2. The first kappa shape index (κ1) is 20.0. The Balaban J connectivity index is 1.47. The van der Waals surface area contributed by atoms with Crippen LogP contribution in [-0.4, -0.2) is 31.7 Å². The van der Waals surface area contributed by atoms with Crippen molar-refractivity contribution in [1.29, 1.82) is 0 Å². The predicted molar refractivity (Wildman–Crippen MR) is 116 cm³/mol. The molecule has 1 fully saturated rings. The number of aryl methyl sites for hydroxylation is 2. The Morgan fingerprint density at radius 1 is 1.07 bits per heavy atom. The second kappa shape index (κ2) is 7.88. The van der Waals surface area contributed by atoms with Crippen LogP contribution in [0.25, 0.3) is 11.3 Å². The zero-order chi connectivity index (χ0) is 20.6. The van der Waals surface area contributed by atoms with Crippen LogP contribution in [0.15, 0.2) is 52.7 Å². The van der Waals surface area contributed by atoms with Gasteiger partial charge >= 0.3 is 0 Å². The standard InChI is InChI=1S/C22H23FN2O2S2/c1-15-3-6-17(7-4-15)20-14-28-22(24-20)25-11-9-19(10-12-25)29(26,27)21-13-18(23)8-5-16(21)2/h3-8,13-14,19H,9-12H2,1-2H3.